The molecular weight excluding hydrogens is 1430 g/mol. The van der Waals surface area contributed by atoms with Gasteiger partial charge in [0.05, 0.1) is 10.8 Å². The molecule has 0 aliphatic carbocycles. The smallest absolute Gasteiger partial charge is 0.217 e. The number of hydrogen-bond acceptors (Lipinski definition) is 8. The largest absolute Gasteiger partial charge is 0.452 e. The number of aryl methyl sites for hydroxylation is 4. The Labute approximate surface area is 691 Å². The molecule has 0 saturated carbocycles. The molecule has 13 rings (SSSR count). The molecule has 12 aromatic rings. The summed E-state index contributed by atoms with van der Waals surface area (Å²) in [4.78, 5) is 37.4. The number of ether oxygens (including phenoxy) is 4. The highest BCUT2D eigenvalue weighted by Gasteiger charge is 2.32. The summed E-state index contributed by atoms with van der Waals surface area (Å²) >= 11 is 0. The van der Waals surface area contributed by atoms with Crippen LogP contribution in [0.3, 0.4) is 0 Å². The van der Waals surface area contributed by atoms with E-state index in [0.29, 0.717) is 102 Å². The first-order chi connectivity index (χ1) is 57.4. The number of aromatic nitrogens is 4. The molecule has 8 bridgehead atoms. The molecule has 1 aliphatic rings. The van der Waals surface area contributed by atoms with Gasteiger partial charge >= 0.3 is 0 Å². The Morgan fingerprint density at radius 1 is 0.198 bits per heavy atom. The second-order valence-corrected chi connectivity index (χ2v) is 33.2. The second kappa shape index (κ2) is 45.7. The summed E-state index contributed by atoms with van der Waals surface area (Å²) in [6.07, 6.45) is 55.7. The molecule has 0 radical (unpaired) electrons. The van der Waals surface area contributed by atoms with E-state index >= 15 is 0 Å². The zero-order valence-electron chi connectivity index (χ0n) is 70.7. The van der Waals surface area contributed by atoms with Crippen molar-refractivity contribution < 1.29 is 18.9 Å². The van der Waals surface area contributed by atoms with Crippen LogP contribution in [0.2, 0.25) is 0 Å². The maximum absolute atomic E-state index is 7.70. The van der Waals surface area contributed by atoms with Gasteiger partial charge in [-0.2, -0.15) is 0 Å². The fourth-order valence-corrected chi connectivity index (χ4v) is 16.9. The molecule has 12 nitrogen and oxygen atoms in total. The minimum atomic E-state index is 0.317. The first-order valence-electron chi connectivity index (χ1n) is 45.9. The third-order valence-electron chi connectivity index (χ3n) is 23.8. The van der Waals surface area contributed by atoms with E-state index in [4.69, 9.17) is 38.9 Å². The van der Waals surface area contributed by atoms with Crippen LogP contribution in [-0.4, -0.2) is 19.9 Å². The highest BCUT2D eigenvalue weighted by atomic mass is 16.6. The molecule has 116 heavy (non-hydrogen) atoms. The lowest BCUT2D eigenvalue weighted by atomic mass is 10.0. The van der Waals surface area contributed by atoms with Crippen molar-refractivity contribution in [3.8, 4) is 46.0 Å². The number of aromatic amines is 4. The molecule has 0 atom stereocenters. The lowest BCUT2D eigenvalue weighted by Crippen LogP contribution is -2.10. The molecular formula is C104H132N8O4. The minimum Gasteiger partial charge on any atom is -0.452 e. The van der Waals surface area contributed by atoms with Crippen LogP contribution in [0.1, 0.15) is 307 Å². The van der Waals surface area contributed by atoms with Crippen molar-refractivity contribution in [1.29, 1.82) is 0 Å². The zero-order valence-corrected chi connectivity index (χ0v) is 70.7. The Morgan fingerprint density at radius 3 is 0.638 bits per heavy atom. The Morgan fingerprint density at radius 2 is 0.397 bits per heavy atom. The Kier molecular flexibility index (Phi) is 33.2. The van der Waals surface area contributed by atoms with E-state index in [1.54, 1.807) is 0 Å². The standard InChI is InChI=1S/C104H132N8O4/c1-5-9-13-17-21-25-29-33-37-41-51-77-61-69-81(70-62-77)113-93-91-92(104-111-102-90-60-50-48-58-88(90)100(109-102)107-98-86-56-46-45-55-85(86)97(105-98)106-99-87-57-47-49-59-89(87)101(108-99)110-103(91)112-104)94(114-82-71-63-78(64-72-82)52-42-38-34-30-26-22-18-14-10-6-2)96(116-84-75-67-80(68-76-84)54-44-40-36-32-28-24-20-16-12-8-4)95(93)115-83-73-65-79(66-74-83)53-43-39-35-31-27-23-19-15-11-7-3/h45-50,55-76H,5-44,51-54H2,1-4H3,(H4,105,106,107,108,109,110,111,112). The number of benzene rings is 8. The topological polar surface area (TPSA) is 150 Å². The second-order valence-electron chi connectivity index (χ2n) is 33.2. The van der Waals surface area contributed by atoms with Gasteiger partial charge in [0.15, 0.2) is 11.5 Å². The Balaban J connectivity index is 0.967. The number of unbranched alkanes of at least 4 members (excludes halogenated alkanes) is 36. The molecule has 1 aliphatic heterocycles. The summed E-state index contributed by atoms with van der Waals surface area (Å²) in [7, 11) is 0. The average molecular weight is 1560 g/mol. The van der Waals surface area contributed by atoms with Gasteiger partial charge in [0.25, 0.3) is 0 Å². The van der Waals surface area contributed by atoms with Gasteiger partial charge in [-0.25, -0.2) is 20.0 Å². The number of hydrogen-bond donors (Lipinski definition) is 4. The quantitative estimate of drug-likeness (QED) is 0.0281. The summed E-state index contributed by atoms with van der Waals surface area (Å²) in [5.74, 6) is 6.29. The normalized spacial score (nSPS) is 12.0. The van der Waals surface area contributed by atoms with Crippen LogP contribution in [0, 0.1) is 0 Å². The highest BCUT2D eigenvalue weighted by molar-refractivity contribution is 6.03. The predicted octanol–water partition coefficient (Wildman–Crippen LogP) is 30.8. The molecule has 12 heteroatoms. The van der Waals surface area contributed by atoms with Gasteiger partial charge in [-0.05, 0) is 122 Å². The maximum atomic E-state index is 7.70. The van der Waals surface area contributed by atoms with E-state index in [-0.39, 0.29) is 0 Å². The SMILES string of the molecule is CCCCCCCCCCCCc1ccc(Oc2c(Oc3ccc(CCCCCCCCCCCC)cc3)c(Oc3ccc(CCCCCCCCCCCC)cc3)c3c4[nH]c(c3c2Oc2ccc(CCCCCCCCCCCC)cc2)=Nc2[nH]c(c3ccccc23)N=c2[nH]c(c3ccccc23)=Nc2[nH]c(c3ccccc23)N=4)cc1. The van der Waals surface area contributed by atoms with Crippen LogP contribution >= 0.6 is 0 Å². The van der Waals surface area contributed by atoms with E-state index in [1.165, 1.54) is 253 Å². The molecule has 0 unspecified atom stereocenters. The van der Waals surface area contributed by atoms with Crippen LogP contribution in [0.5, 0.6) is 46.0 Å². The van der Waals surface area contributed by atoms with Crippen LogP contribution < -0.4 is 40.9 Å². The summed E-state index contributed by atoms with van der Waals surface area (Å²) in [5.41, 5.74) is 7.31. The number of nitrogens with zero attached hydrogens (tertiary/aromatic N) is 4. The molecule has 612 valence electrons. The summed E-state index contributed by atoms with van der Waals surface area (Å²) in [6, 6.07) is 59.5. The van der Waals surface area contributed by atoms with E-state index in [2.05, 4.69) is 205 Å². The molecule has 8 aromatic carbocycles. The highest BCUT2D eigenvalue weighted by Crippen LogP contribution is 2.55. The Bertz CT molecular complexity index is 4900. The van der Waals surface area contributed by atoms with Gasteiger partial charge in [0.1, 0.15) is 68.2 Å². The number of rotatable bonds is 52. The van der Waals surface area contributed by atoms with Gasteiger partial charge in [-0.3, -0.25) is 0 Å². The maximum Gasteiger partial charge on any atom is 0.217 e. The van der Waals surface area contributed by atoms with Crippen LogP contribution in [0.4, 0.5) is 23.3 Å². The first kappa shape index (κ1) is 84.2. The number of fused-ring (bicyclic) bond motifs is 20. The van der Waals surface area contributed by atoms with Crippen LogP contribution in [-0.2, 0) is 25.7 Å². The van der Waals surface area contributed by atoms with Crippen LogP contribution in [0.25, 0.3) is 43.1 Å². The van der Waals surface area contributed by atoms with Crippen molar-refractivity contribution in [1.82, 2.24) is 19.9 Å². The number of H-pyrrole nitrogens is 4. The third-order valence-corrected chi connectivity index (χ3v) is 23.8. The van der Waals surface area contributed by atoms with Gasteiger partial charge in [0, 0.05) is 32.3 Å². The number of nitrogens with one attached hydrogen (secondary N) is 4. The van der Waals surface area contributed by atoms with E-state index < -0.39 is 0 Å². The summed E-state index contributed by atoms with van der Waals surface area (Å²) in [5, 5.41) is 6.55. The molecule has 5 heterocycles. The van der Waals surface area contributed by atoms with Crippen molar-refractivity contribution in [2.75, 3.05) is 0 Å². The lowest BCUT2D eigenvalue weighted by molar-refractivity contribution is 0.370. The van der Waals surface area contributed by atoms with E-state index in [9.17, 15) is 0 Å². The molecule has 4 N–H and O–H groups in total. The van der Waals surface area contributed by atoms with E-state index in [0.717, 1.165) is 83.7 Å². The fourth-order valence-electron chi connectivity index (χ4n) is 16.9. The van der Waals surface area contributed by atoms with Crippen molar-refractivity contribution >= 4 is 66.4 Å². The van der Waals surface area contributed by atoms with Crippen molar-refractivity contribution in [2.24, 2.45) is 20.0 Å². The molecule has 0 spiro atoms. The van der Waals surface area contributed by atoms with Crippen LogP contribution in [0.15, 0.2) is 190 Å². The fraction of sp³-hybridized carbons (Fsp3) is 0.462. The lowest BCUT2D eigenvalue weighted by Gasteiger charge is -2.21. The van der Waals surface area contributed by atoms with Gasteiger partial charge in [-0.1, -0.05) is 380 Å². The van der Waals surface area contributed by atoms with Gasteiger partial charge in [-0.15, -0.1) is 0 Å². The predicted molar refractivity (Wildman–Crippen MR) is 485 cm³/mol. The molecule has 0 fully saturated rings. The van der Waals surface area contributed by atoms with Crippen molar-refractivity contribution in [2.45, 2.75) is 310 Å². The van der Waals surface area contributed by atoms with Gasteiger partial charge < -0.3 is 38.9 Å². The molecule has 0 saturated heterocycles. The van der Waals surface area contributed by atoms with Gasteiger partial charge in [0.2, 0.25) is 11.5 Å². The monoisotopic (exact) mass is 1560 g/mol. The molecule has 0 amide bonds. The first-order valence-corrected chi connectivity index (χ1v) is 45.9. The summed E-state index contributed by atoms with van der Waals surface area (Å²) in [6.45, 7) is 9.18. The zero-order chi connectivity index (χ0) is 79.6. The van der Waals surface area contributed by atoms with E-state index in [1.807, 2.05) is 12.1 Å². The molecule has 4 aromatic heterocycles. The van der Waals surface area contributed by atoms with Crippen molar-refractivity contribution in [3.05, 3.63) is 214 Å². The van der Waals surface area contributed by atoms with Crippen molar-refractivity contribution in [3.63, 3.8) is 0 Å². The Hall–Kier alpha value is -9.68. The minimum absolute atomic E-state index is 0.317. The average Bonchev–Trinajstić information content (AvgIpc) is 1.53. The third kappa shape index (κ3) is 24.0. The summed E-state index contributed by atoms with van der Waals surface area (Å²) < 4.78 is 30.7.